The maximum atomic E-state index is 12.1. The van der Waals surface area contributed by atoms with Crippen molar-refractivity contribution >= 4 is 11.7 Å². The van der Waals surface area contributed by atoms with Gasteiger partial charge >= 0.3 is 0 Å². The zero-order chi connectivity index (χ0) is 15.7. The molecule has 1 amide bonds. The highest BCUT2D eigenvalue weighted by Crippen LogP contribution is 2.17. The number of pyridine rings is 1. The van der Waals surface area contributed by atoms with Crippen LogP contribution in [0.4, 0.5) is 5.82 Å². The molecule has 0 aliphatic rings. The highest BCUT2D eigenvalue weighted by atomic mass is 16.3. The smallest absolute Gasteiger partial charge is 0.254 e. The number of aromatic nitrogens is 3. The van der Waals surface area contributed by atoms with Crippen LogP contribution in [0.15, 0.2) is 16.9 Å². The summed E-state index contributed by atoms with van der Waals surface area (Å²) in [4.78, 5) is 23.9. The Morgan fingerprint density at radius 1 is 1.33 bits per heavy atom. The number of nitrogens with zero attached hydrogens (tertiary/aromatic N) is 3. The average molecular weight is 290 g/mol. The van der Waals surface area contributed by atoms with Gasteiger partial charge in [-0.05, 0) is 26.8 Å². The van der Waals surface area contributed by atoms with Gasteiger partial charge in [0.2, 0.25) is 5.91 Å². The first-order chi connectivity index (χ1) is 9.79. The lowest BCUT2D eigenvalue weighted by Gasteiger charge is -2.11. The van der Waals surface area contributed by atoms with Crippen molar-refractivity contribution in [3.05, 3.63) is 39.4 Å². The molecule has 0 saturated heterocycles. The third-order valence-electron chi connectivity index (χ3n) is 3.40. The Labute approximate surface area is 121 Å². The summed E-state index contributed by atoms with van der Waals surface area (Å²) >= 11 is 0. The maximum absolute atomic E-state index is 12.1. The standard InChI is InChI=1S/C14H18N4O3/c1-8-5-11(19)6-13(21)18(8)7-12(20)15-14-9(2)10(3)16-17(14)4/h5-6,19H,7H2,1-4H3,(H,15,20). The van der Waals surface area contributed by atoms with Crippen molar-refractivity contribution in [2.24, 2.45) is 7.05 Å². The molecule has 0 radical (unpaired) electrons. The second-order valence-corrected chi connectivity index (χ2v) is 5.01. The first kappa shape index (κ1) is 14.8. The number of hydrogen-bond donors (Lipinski definition) is 2. The van der Waals surface area contributed by atoms with Crippen molar-refractivity contribution in [1.82, 2.24) is 14.3 Å². The zero-order valence-corrected chi connectivity index (χ0v) is 12.5. The van der Waals surface area contributed by atoms with E-state index in [4.69, 9.17) is 0 Å². The van der Waals surface area contributed by atoms with E-state index in [1.54, 1.807) is 18.7 Å². The zero-order valence-electron chi connectivity index (χ0n) is 12.5. The van der Waals surface area contributed by atoms with Gasteiger partial charge in [-0.25, -0.2) is 0 Å². The summed E-state index contributed by atoms with van der Waals surface area (Å²) in [6.07, 6.45) is 0. The van der Waals surface area contributed by atoms with Gasteiger partial charge in [0.1, 0.15) is 18.1 Å². The van der Waals surface area contributed by atoms with Crippen LogP contribution in [0.5, 0.6) is 5.75 Å². The average Bonchev–Trinajstić information content (AvgIpc) is 2.60. The minimum atomic E-state index is -0.416. The Balaban J connectivity index is 2.22. The quantitative estimate of drug-likeness (QED) is 0.877. The summed E-state index contributed by atoms with van der Waals surface area (Å²) in [5, 5.41) is 16.3. The number of aromatic hydroxyl groups is 1. The van der Waals surface area contributed by atoms with Gasteiger partial charge < -0.3 is 15.0 Å². The van der Waals surface area contributed by atoms with Crippen molar-refractivity contribution in [2.45, 2.75) is 27.3 Å². The highest BCUT2D eigenvalue weighted by Gasteiger charge is 2.14. The molecule has 0 saturated carbocycles. The van der Waals surface area contributed by atoms with Crippen LogP contribution in [-0.4, -0.2) is 25.4 Å². The van der Waals surface area contributed by atoms with E-state index in [9.17, 15) is 14.7 Å². The molecule has 0 spiro atoms. The van der Waals surface area contributed by atoms with Gasteiger partial charge in [0.15, 0.2) is 0 Å². The van der Waals surface area contributed by atoms with Crippen LogP contribution < -0.4 is 10.9 Å². The fourth-order valence-electron chi connectivity index (χ4n) is 2.17. The molecule has 2 rings (SSSR count). The fourth-order valence-corrected chi connectivity index (χ4v) is 2.17. The lowest BCUT2D eigenvalue weighted by molar-refractivity contribution is -0.116. The third-order valence-corrected chi connectivity index (χ3v) is 3.40. The molecular weight excluding hydrogens is 272 g/mol. The fraction of sp³-hybridized carbons (Fsp3) is 0.357. The molecule has 0 aliphatic heterocycles. The SMILES string of the molecule is Cc1nn(C)c(NC(=O)Cn2c(C)cc(O)cc2=O)c1C. The van der Waals surface area contributed by atoms with Crippen molar-refractivity contribution in [1.29, 1.82) is 0 Å². The first-order valence-corrected chi connectivity index (χ1v) is 6.50. The van der Waals surface area contributed by atoms with E-state index >= 15 is 0 Å². The molecule has 2 N–H and O–H groups in total. The van der Waals surface area contributed by atoms with Gasteiger partial charge in [-0.3, -0.25) is 14.3 Å². The second-order valence-electron chi connectivity index (χ2n) is 5.01. The summed E-state index contributed by atoms with van der Waals surface area (Å²) in [6, 6.07) is 2.52. The number of amides is 1. The molecule has 21 heavy (non-hydrogen) atoms. The predicted octanol–water partition coefficient (Wildman–Crippen LogP) is 0.851. The van der Waals surface area contributed by atoms with E-state index < -0.39 is 5.56 Å². The van der Waals surface area contributed by atoms with E-state index in [0.29, 0.717) is 11.5 Å². The van der Waals surface area contributed by atoms with E-state index in [-0.39, 0.29) is 18.2 Å². The summed E-state index contributed by atoms with van der Waals surface area (Å²) < 4.78 is 2.89. The molecule has 0 aliphatic carbocycles. The van der Waals surface area contributed by atoms with Gasteiger partial charge in [-0.1, -0.05) is 0 Å². The Kier molecular flexibility index (Phi) is 3.84. The van der Waals surface area contributed by atoms with Crippen LogP contribution in [0.25, 0.3) is 0 Å². The van der Waals surface area contributed by atoms with Gasteiger partial charge in [0, 0.05) is 24.4 Å². The number of carbonyl (C=O) groups is 1. The number of hydrogen-bond acceptors (Lipinski definition) is 4. The van der Waals surface area contributed by atoms with Crippen LogP contribution in [0.1, 0.15) is 17.0 Å². The van der Waals surface area contributed by atoms with Crippen LogP contribution >= 0.6 is 0 Å². The molecule has 2 aromatic heterocycles. The summed E-state index contributed by atoms with van der Waals surface area (Å²) in [5.74, 6) is 0.186. The summed E-state index contributed by atoms with van der Waals surface area (Å²) in [5.41, 5.74) is 1.83. The molecule has 2 aromatic rings. The van der Waals surface area contributed by atoms with Crippen molar-refractivity contribution in [3.8, 4) is 5.75 Å². The predicted molar refractivity (Wildman–Crippen MR) is 78.4 cm³/mol. The molecule has 0 aromatic carbocycles. The molecule has 7 heteroatoms. The monoisotopic (exact) mass is 290 g/mol. The molecule has 0 fully saturated rings. The van der Waals surface area contributed by atoms with Crippen molar-refractivity contribution < 1.29 is 9.90 Å². The first-order valence-electron chi connectivity index (χ1n) is 6.50. The Bertz CT molecular complexity index is 758. The molecule has 7 nitrogen and oxygen atoms in total. The lowest BCUT2D eigenvalue weighted by atomic mass is 10.3. The summed E-state index contributed by atoms with van der Waals surface area (Å²) in [6.45, 7) is 5.28. The number of anilines is 1. The van der Waals surface area contributed by atoms with Gasteiger partial charge in [-0.15, -0.1) is 0 Å². The van der Waals surface area contributed by atoms with Gasteiger partial charge in [-0.2, -0.15) is 5.10 Å². The molecule has 0 unspecified atom stereocenters. The minimum Gasteiger partial charge on any atom is -0.508 e. The van der Waals surface area contributed by atoms with Crippen molar-refractivity contribution in [3.63, 3.8) is 0 Å². The molecule has 112 valence electrons. The molecule has 0 bridgehead atoms. The topological polar surface area (TPSA) is 89.2 Å². The van der Waals surface area contributed by atoms with E-state index in [1.165, 1.54) is 10.6 Å². The van der Waals surface area contributed by atoms with Crippen LogP contribution in [0, 0.1) is 20.8 Å². The molecular formula is C14H18N4O3. The largest absolute Gasteiger partial charge is 0.508 e. The van der Waals surface area contributed by atoms with Crippen molar-refractivity contribution in [2.75, 3.05) is 5.32 Å². The van der Waals surface area contributed by atoms with Gasteiger partial charge in [0.05, 0.1) is 5.69 Å². The lowest BCUT2D eigenvalue weighted by Crippen LogP contribution is -2.29. The molecule has 2 heterocycles. The number of carbonyl (C=O) groups excluding carboxylic acids is 1. The van der Waals surface area contributed by atoms with E-state index in [2.05, 4.69) is 10.4 Å². The summed E-state index contributed by atoms with van der Waals surface area (Å²) in [7, 11) is 1.74. The van der Waals surface area contributed by atoms with Crippen LogP contribution in [0.2, 0.25) is 0 Å². The number of rotatable bonds is 3. The third kappa shape index (κ3) is 2.96. The number of aryl methyl sites for hydroxylation is 3. The normalized spacial score (nSPS) is 10.7. The van der Waals surface area contributed by atoms with E-state index in [0.717, 1.165) is 17.3 Å². The Morgan fingerprint density at radius 3 is 2.52 bits per heavy atom. The van der Waals surface area contributed by atoms with Crippen LogP contribution in [0.3, 0.4) is 0 Å². The van der Waals surface area contributed by atoms with Crippen LogP contribution in [-0.2, 0) is 18.4 Å². The minimum absolute atomic E-state index is 0.104. The van der Waals surface area contributed by atoms with Gasteiger partial charge in [0.25, 0.3) is 5.56 Å². The number of nitrogens with one attached hydrogen (secondary N) is 1. The molecule has 0 atom stereocenters. The Hall–Kier alpha value is -2.57. The highest BCUT2D eigenvalue weighted by molar-refractivity contribution is 5.90. The Morgan fingerprint density at radius 2 is 2.00 bits per heavy atom. The van der Waals surface area contributed by atoms with E-state index in [1.807, 2.05) is 13.8 Å². The maximum Gasteiger partial charge on any atom is 0.254 e. The second kappa shape index (κ2) is 5.43.